The van der Waals surface area contributed by atoms with E-state index in [4.69, 9.17) is 9.47 Å². The number of piperidine rings is 1. The predicted octanol–water partition coefficient (Wildman–Crippen LogP) is 3.31. The summed E-state index contributed by atoms with van der Waals surface area (Å²) in [5, 5.41) is 13.8. The zero-order chi connectivity index (χ0) is 23.0. The number of benzene rings is 1. The van der Waals surface area contributed by atoms with Crippen LogP contribution in [-0.4, -0.2) is 59.8 Å². The molecule has 2 saturated heterocycles. The molecule has 3 atom stereocenters. The number of ether oxygens (including phenoxy) is 2. The molecule has 2 fully saturated rings. The number of rotatable bonds is 10. The summed E-state index contributed by atoms with van der Waals surface area (Å²) >= 11 is 0. The molecule has 3 unspecified atom stereocenters. The van der Waals surface area contributed by atoms with Crippen molar-refractivity contribution < 1.29 is 13.9 Å². The second-order valence-corrected chi connectivity index (χ2v) is 8.55. The largest absolute Gasteiger partial charge is 0.494 e. The Kier molecular flexibility index (Phi) is 8.11. The average Bonchev–Trinajstić information content (AvgIpc) is 3.37. The molecule has 3 heterocycles. The second kappa shape index (κ2) is 11.4. The van der Waals surface area contributed by atoms with Crippen molar-refractivity contribution in [1.82, 2.24) is 25.6 Å². The number of hydrogen-bond donors (Lipinski definition) is 4. The predicted molar refractivity (Wildman–Crippen MR) is 126 cm³/mol. The van der Waals surface area contributed by atoms with Crippen LogP contribution in [0.1, 0.15) is 45.4 Å². The van der Waals surface area contributed by atoms with Crippen molar-refractivity contribution >= 4 is 11.9 Å². The first-order valence-electron chi connectivity index (χ1n) is 11.9. The summed E-state index contributed by atoms with van der Waals surface area (Å²) in [4.78, 5) is 13.5. The SMILES string of the molecule is CCC(Nc1nc(NCC2CCCCN2)nc(Oc2ccc(OC)c(F)c2)n1)C1CCCN1. The van der Waals surface area contributed by atoms with E-state index in [0.29, 0.717) is 30.5 Å². The highest BCUT2D eigenvalue weighted by Crippen LogP contribution is 2.26. The maximum atomic E-state index is 14.1. The van der Waals surface area contributed by atoms with Gasteiger partial charge in [0, 0.05) is 30.7 Å². The van der Waals surface area contributed by atoms with Crippen LogP contribution in [0.2, 0.25) is 0 Å². The Hall–Kier alpha value is -2.72. The van der Waals surface area contributed by atoms with Gasteiger partial charge in [0.15, 0.2) is 11.6 Å². The lowest BCUT2D eigenvalue weighted by molar-refractivity contribution is 0.381. The molecule has 0 spiro atoms. The summed E-state index contributed by atoms with van der Waals surface area (Å²) in [7, 11) is 1.42. The summed E-state index contributed by atoms with van der Waals surface area (Å²) in [6.45, 7) is 4.91. The van der Waals surface area contributed by atoms with Gasteiger partial charge in [0.2, 0.25) is 11.9 Å². The number of hydrogen-bond acceptors (Lipinski definition) is 9. The van der Waals surface area contributed by atoms with E-state index >= 15 is 0 Å². The van der Waals surface area contributed by atoms with Gasteiger partial charge in [-0.05, 0) is 57.3 Å². The molecule has 33 heavy (non-hydrogen) atoms. The van der Waals surface area contributed by atoms with Crippen molar-refractivity contribution in [3.63, 3.8) is 0 Å². The Morgan fingerprint density at radius 1 is 1.09 bits per heavy atom. The molecule has 0 aliphatic carbocycles. The standard InChI is InChI=1S/C23H34FN7O2/c1-3-18(19-8-6-12-26-19)28-22-29-21(27-14-15-7-4-5-11-25-15)30-23(31-22)33-16-9-10-20(32-2)17(24)13-16/h9-10,13,15,18-19,25-26H,3-8,11-12,14H2,1-2H3,(H2,27,28,29,30,31). The van der Waals surface area contributed by atoms with E-state index in [1.165, 1.54) is 38.5 Å². The van der Waals surface area contributed by atoms with E-state index in [1.807, 2.05) is 0 Å². The third-order valence-corrected chi connectivity index (χ3v) is 6.20. The quantitative estimate of drug-likeness (QED) is 0.426. The third kappa shape index (κ3) is 6.42. The lowest BCUT2D eigenvalue weighted by Gasteiger charge is -2.25. The fourth-order valence-electron chi connectivity index (χ4n) is 4.38. The first kappa shape index (κ1) is 23.4. The number of nitrogens with zero attached hydrogens (tertiary/aromatic N) is 3. The van der Waals surface area contributed by atoms with Crippen LogP contribution in [0.15, 0.2) is 18.2 Å². The van der Waals surface area contributed by atoms with Gasteiger partial charge < -0.3 is 30.7 Å². The molecule has 2 aromatic rings. The molecule has 10 heteroatoms. The van der Waals surface area contributed by atoms with Crippen LogP contribution in [0.5, 0.6) is 17.5 Å². The van der Waals surface area contributed by atoms with Crippen LogP contribution in [0.4, 0.5) is 16.3 Å². The highest BCUT2D eigenvalue weighted by atomic mass is 19.1. The van der Waals surface area contributed by atoms with Crippen molar-refractivity contribution in [2.24, 2.45) is 0 Å². The van der Waals surface area contributed by atoms with Gasteiger partial charge in [0.1, 0.15) is 5.75 Å². The fourth-order valence-corrected chi connectivity index (χ4v) is 4.38. The lowest BCUT2D eigenvalue weighted by atomic mass is 10.0. The highest BCUT2D eigenvalue weighted by Gasteiger charge is 2.24. The first-order valence-corrected chi connectivity index (χ1v) is 11.9. The summed E-state index contributed by atoms with van der Waals surface area (Å²) in [6, 6.07) is 5.42. The number of nitrogens with one attached hydrogen (secondary N) is 4. The van der Waals surface area contributed by atoms with E-state index in [2.05, 4.69) is 43.1 Å². The Balaban J connectivity index is 1.52. The zero-order valence-corrected chi connectivity index (χ0v) is 19.4. The Morgan fingerprint density at radius 2 is 1.94 bits per heavy atom. The van der Waals surface area contributed by atoms with E-state index in [0.717, 1.165) is 32.4 Å². The molecule has 2 aliphatic rings. The molecule has 0 amide bonds. The van der Waals surface area contributed by atoms with Crippen LogP contribution in [0, 0.1) is 5.82 Å². The molecule has 4 N–H and O–H groups in total. The average molecular weight is 460 g/mol. The summed E-state index contributed by atoms with van der Waals surface area (Å²) in [6.07, 6.45) is 6.75. The Labute approximate surface area is 194 Å². The van der Waals surface area contributed by atoms with E-state index in [1.54, 1.807) is 6.07 Å². The summed E-state index contributed by atoms with van der Waals surface area (Å²) in [5.41, 5.74) is 0. The fraction of sp³-hybridized carbons (Fsp3) is 0.609. The van der Waals surface area contributed by atoms with E-state index in [-0.39, 0.29) is 23.6 Å². The van der Waals surface area contributed by atoms with Crippen molar-refractivity contribution in [2.75, 3.05) is 37.4 Å². The van der Waals surface area contributed by atoms with Crippen LogP contribution < -0.4 is 30.7 Å². The van der Waals surface area contributed by atoms with Gasteiger partial charge in [-0.1, -0.05) is 13.3 Å². The molecule has 4 rings (SSSR count). The normalized spacial score (nSPS) is 21.4. The lowest BCUT2D eigenvalue weighted by Crippen LogP contribution is -2.40. The van der Waals surface area contributed by atoms with Crippen LogP contribution >= 0.6 is 0 Å². The zero-order valence-electron chi connectivity index (χ0n) is 19.4. The summed E-state index contributed by atoms with van der Waals surface area (Å²) < 4.78 is 24.9. The number of aromatic nitrogens is 3. The topological polar surface area (TPSA) is 105 Å². The first-order chi connectivity index (χ1) is 16.1. The molecular formula is C23H34FN7O2. The third-order valence-electron chi connectivity index (χ3n) is 6.20. The van der Waals surface area contributed by atoms with Crippen LogP contribution in [0.3, 0.4) is 0 Å². The van der Waals surface area contributed by atoms with Crippen LogP contribution in [0.25, 0.3) is 0 Å². The van der Waals surface area contributed by atoms with Crippen LogP contribution in [-0.2, 0) is 0 Å². The van der Waals surface area contributed by atoms with Gasteiger partial charge in [-0.25, -0.2) is 4.39 Å². The number of anilines is 2. The van der Waals surface area contributed by atoms with Crippen molar-refractivity contribution in [2.45, 2.75) is 63.6 Å². The Morgan fingerprint density at radius 3 is 2.64 bits per heavy atom. The molecular weight excluding hydrogens is 425 g/mol. The minimum atomic E-state index is -0.512. The Bertz CT molecular complexity index is 904. The van der Waals surface area contributed by atoms with Gasteiger partial charge in [-0.15, -0.1) is 0 Å². The monoisotopic (exact) mass is 459 g/mol. The van der Waals surface area contributed by atoms with Gasteiger partial charge >= 0.3 is 6.01 Å². The van der Waals surface area contributed by atoms with Crippen molar-refractivity contribution in [3.05, 3.63) is 24.0 Å². The molecule has 2 aliphatic heterocycles. The molecule has 180 valence electrons. The summed E-state index contributed by atoms with van der Waals surface area (Å²) in [5.74, 6) is 0.793. The number of halogens is 1. The maximum absolute atomic E-state index is 14.1. The molecule has 1 aromatic heterocycles. The van der Waals surface area contributed by atoms with Gasteiger partial charge in [0.05, 0.1) is 7.11 Å². The second-order valence-electron chi connectivity index (χ2n) is 8.55. The molecule has 0 bridgehead atoms. The minimum Gasteiger partial charge on any atom is -0.494 e. The maximum Gasteiger partial charge on any atom is 0.328 e. The van der Waals surface area contributed by atoms with E-state index in [9.17, 15) is 4.39 Å². The minimum absolute atomic E-state index is 0.102. The van der Waals surface area contributed by atoms with Gasteiger partial charge in [-0.3, -0.25) is 0 Å². The molecule has 0 radical (unpaired) electrons. The highest BCUT2D eigenvalue weighted by molar-refractivity contribution is 5.39. The van der Waals surface area contributed by atoms with Gasteiger partial charge in [-0.2, -0.15) is 15.0 Å². The molecule has 1 aromatic carbocycles. The smallest absolute Gasteiger partial charge is 0.328 e. The van der Waals surface area contributed by atoms with Gasteiger partial charge in [0.25, 0.3) is 0 Å². The van der Waals surface area contributed by atoms with Crippen molar-refractivity contribution in [1.29, 1.82) is 0 Å². The molecule has 9 nitrogen and oxygen atoms in total. The molecule has 0 saturated carbocycles. The van der Waals surface area contributed by atoms with Crippen molar-refractivity contribution in [3.8, 4) is 17.5 Å². The van der Waals surface area contributed by atoms with E-state index < -0.39 is 5.82 Å². The number of methoxy groups -OCH3 is 1.